The van der Waals surface area contributed by atoms with Crippen molar-refractivity contribution in [2.24, 2.45) is 5.92 Å². The van der Waals surface area contributed by atoms with Gasteiger partial charge in [0.2, 0.25) is 11.8 Å². The molecule has 9 nitrogen and oxygen atoms in total. The number of nitrogens with zero attached hydrogens (tertiary/aromatic N) is 2. The van der Waals surface area contributed by atoms with Crippen molar-refractivity contribution in [3.8, 4) is 6.07 Å². The summed E-state index contributed by atoms with van der Waals surface area (Å²) >= 11 is 1.28. The van der Waals surface area contributed by atoms with E-state index in [2.05, 4.69) is 10.6 Å². The molecule has 198 valence electrons. The first kappa shape index (κ1) is 29.3. The van der Waals surface area contributed by atoms with Crippen molar-refractivity contribution in [1.29, 1.82) is 5.26 Å². The molecule has 3 amide bonds. The smallest absolute Gasteiger partial charge is 0.385 e. The van der Waals surface area contributed by atoms with E-state index < -0.39 is 46.7 Å². The van der Waals surface area contributed by atoms with Gasteiger partial charge in [-0.15, -0.1) is 11.8 Å². The van der Waals surface area contributed by atoms with Crippen LogP contribution in [0.5, 0.6) is 0 Å². The number of thioether (sulfide) groups is 1. The molecule has 0 bridgehead atoms. The van der Waals surface area contributed by atoms with Gasteiger partial charge >= 0.3 is 6.18 Å². The van der Waals surface area contributed by atoms with Crippen molar-refractivity contribution >= 4 is 40.9 Å². The van der Waals surface area contributed by atoms with Crippen LogP contribution in [0.25, 0.3) is 0 Å². The topological polar surface area (TPSA) is 135 Å². The van der Waals surface area contributed by atoms with Crippen LogP contribution in [0, 0.1) is 17.2 Å². The number of hydrogen-bond donors (Lipinski definition) is 4. The zero-order valence-electron chi connectivity index (χ0n) is 20.2. The predicted molar refractivity (Wildman–Crippen MR) is 130 cm³/mol. The number of rotatable bonds is 11. The summed E-state index contributed by atoms with van der Waals surface area (Å²) in [7, 11) is 0. The molecule has 0 radical (unpaired) electrons. The molecule has 2 rings (SSSR count). The van der Waals surface area contributed by atoms with Crippen molar-refractivity contribution in [2.45, 2.75) is 56.0 Å². The second-order valence-corrected chi connectivity index (χ2v) is 10.1. The number of alkyl halides is 3. The summed E-state index contributed by atoms with van der Waals surface area (Å²) in [5.41, 5.74) is -0.356. The van der Waals surface area contributed by atoms with Gasteiger partial charge in [-0.1, -0.05) is 6.07 Å². The Labute approximate surface area is 211 Å². The summed E-state index contributed by atoms with van der Waals surface area (Å²) in [6.45, 7) is 3.73. The molecular formula is C23H30F3N5O4S. The normalized spacial score (nSPS) is 18.9. The quantitative estimate of drug-likeness (QED) is 0.346. The SMILES string of the molecule is CCN1C(=O)C(CCNc2cccc(NC(=O)C(C)(C)O)c2)SC1CC(C#N)C(=O)NCC(F)(F)F. The fourth-order valence-electron chi connectivity index (χ4n) is 3.45. The second-order valence-electron chi connectivity index (χ2n) is 8.76. The molecule has 1 aromatic carbocycles. The lowest BCUT2D eigenvalue weighted by Crippen LogP contribution is -2.40. The Kier molecular flexibility index (Phi) is 10.0. The van der Waals surface area contributed by atoms with Crippen LogP contribution in [0.2, 0.25) is 0 Å². The summed E-state index contributed by atoms with van der Waals surface area (Å²) in [5.74, 6) is -3.04. The summed E-state index contributed by atoms with van der Waals surface area (Å²) in [6, 6.07) is 8.60. The average Bonchev–Trinajstić information content (AvgIpc) is 3.09. The van der Waals surface area contributed by atoms with Gasteiger partial charge in [-0.25, -0.2) is 0 Å². The van der Waals surface area contributed by atoms with E-state index in [-0.39, 0.29) is 12.3 Å². The number of nitrogens with one attached hydrogen (secondary N) is 3. The van der Waals surface area contributed by atoms with Gasteiger partial charge in [-0.05, 0) is 45.4 Å². The Balaban J connectivity index is 1.93. The highest BCUT2D eigenvalue weighted by molar-refractivity contribution is 8.01. The average molecular weight is 530 g/mol. The first-order chi connectivity index (χ1) is 16.7. The van der Waals surface area contributed by atoms with E-state index in [1.165, 1.54) is 30.5 Å². The molecule has 3 unspecified atom stereocenters. The monoisotopic (exact) mass is 529 g/mol. The molecule has 0 aromatic heterocycles. The van der Waals surface area contributed by atoms with Crippen molar-refractivity contribution < 1.29 is 32.7 Å². The molecule has 0 saturated carbocycles. The standard InChI is InChI=1S/C23H30F3N5O4S/c1-4-31-18(10-14(12-27)19(32)29-13-23(24,25)26)36-17(20(31)33)8-9-28-15-6-5-7-16(11-15)30-21(34)22(2,3)35/h5-7,11,14,17-18,28,35H,4,8-10,13H2,1-3H3,(H,29,32)(H,30,34). The van der Waals surface area contributed by atoms with Crippen LogP contribution in [-0.2, 0) is 14.4 Å². The summed E-state index contributed by atoms with van der Waals surface area (Å²) in [5, 5.41) is 25.7. The molecule has 0 spiro atoms. The molecule has 4 N–H and O–H groups in total. The van der Waals surface area contributed by atoms with Gasteiger partial charge in [0.05, 0.1) is 16.7 Å². The Morgan fingerprint density at radius 1 is 1.28 bits per heavy atom. The fourth-order valence-corrected chi connectivity index (χ4v) is 5.04. The molecule has 1 aromatic rings. The van der Waals surface area contributed by atoms with Crippen LogP contribution in [0.15, 0.2) is 24.3 Å². The zero-order chi connectivity index (χ0) is 27.1. The maximum Gasteiger partial charge on any atom is 0.405 e. The maximum absolute atomic E-state index is 12.8. The number of halogens is 3. The minimum Gasteiger partial charge on any atom is -0.385 e. The van der Waals surface area contributed by atoms with Crippen LogP contribution in [0.4, 0.5) is 24.5 Å². The van der Waals surface area contributed by atoms with Crippen LogP contribution >= 0.6 is 11.8 Å². The number of carbonyl (C=O) groups is 3. The third kappa shape index (κ3) is 8.60. The molecule has 0 aliphatic carbocycles. The van der Waals surface area contributed by atoms with E-state index in [9.17, 15) is 37.9 Å². The van der Waals surface area contributed by atoms with Crippen molar-refractivity contribution in [1.82, 2.24) is 10.2 Å². The minimum absolute atomic E-state index is 0.0721. The molecule has 1 fully saturated rings. The van der Waals surface area contributed by atoms with Crippen LogP contribution in [0.1, 0.15) is 33.6 Å². The van der Waals surface area contributed by atoms with Crippen molar-refractivity contribution in [3.05, 3.63) is 24.3 Å². The molecule has 1 saturated heterocycles. The number of anilines is 2. The molecule has 1 heterocycles. The van der Waals surface area contributed by atoms with Gasteiger partial charge in [0.25, 0.3) is 5.91 Å². The summed E-state index contributed by atoms with van der Waals surface area (Å²) in [4.78, 5) is 38.4. The highest BCUT2D eigenvalue weighted by Gasteiger charge is 2.41. The molecule has 3 atom stereocenters. The van der Waals surface area contributed by atoms with Gasteiger partial charge in [-0.2, -0.15) is 18.4 Å². The fraction of sp³-hybridized carbons (Fsp3) is 0.565. The van der Waals surface area contributed by atoms with Crippen LogP contribution in [0.3, 0.4) is 0 Å². The highest BCUT2D eigenvalue weighted by Crippen LogP contribution is 2.37. The van der Waals surface area contributed by atoms with Crippen molar-refractivity contribution in [2.75, 3.05) is 30.3 Å². The Morgan fingerprint density at radius 2 is 1.94 bits per heavy atom. The van der Waals surface area contributed by atoms with E-state index in [1.54, 1.807) is 42.6 Å². The van der Waals surface area contributed by atoms with Crippen LogP contribution < -0.4 is 16.0 Å². The second kappa shape index (κ2) is 12.3. The van der Waals surface area contributed by atoms with Gasteiger partial charge in [0.1, 0.15) is 18.1 Å². The van der Waals surface area contributed by atoms with Gasteiger partial charge < -0.3 is 26.0 Å². The van der Waals surface area contributed by atoms with E-state index >= 15 is 0 Å². The lowest BCUT2D eigenvalue weighted by Gasteiger charge is -2.23. The Morgan fingerprint density at radius 3 is 2.53 bits per heavy atom. The van der Waals surface area contributed by atoms with E-state index in [1.807, 2.05) is 0 Å². The summed E-state index contributed by atoms with van der Waals surface area (Å²) < 4.78 is 37.2. The van der Waals surface area contributed by atoms with E-state index in [0.717, 1.165) is 0 Å². The lowest BCUT2D eigenvalue weighted by molar-refractivity contribution is -0.140. The minimum atomic E-state index is -4.58. The van der Waals surface area contributed by atoms with Gasteiger partial charge in [0.15, 0.2) is 0 Å². The number of hydrogen-bond acceptors (Lipinski definition) is 7. The summed E-state index contributed by atoms with van der Waals surface area (Å²) in [6.07, 6.45) is -4.23. The third-order valence-electron chi connectivity index (χ3n) is 5.35. The van der Waals surface area contributed by atoms with Gasteiger partial charge in [0, 0.05) is 30.9 Å². The molecule has 1 aliphatic rings. The number of benzene rings is 1. The number of carbonyl (C=O) groups excluding carboxylic acids is 3. The maximum atomic E-state index is 12.8. The number of amides is 3. The van der Waals surface area contributed by atoms with Crippen molar-refractivity contribution in [3.63, 3.8) is 0 Å². The molecular weight excluding hydrogens is 499 g/mol. The predicted octanol–water partition coefficient (Wildman–Crippen LogP) is 2.70. The lowest BCUT2D eigenvalue weighted by atomic mass is 10.1. The Bertz CT molecular complexity index is 993. The van der Waals surface area contributed by atoms with E-state index in [0.29, 0.717) is 30.9 Å². The van der Waals surface area contributed by atoms with Gasteiger partial charge in [-0.3, -0.25) is 14.4 Å². The first-order valence-corrected chi connectivity index (χ1v) is 12.3. The third-order valence-corrected chi connectivity index (χ3v) is 6.88. The zero-order valence-corrected chi connectivity index (χ0v) is 21.0. The molecule has 13 heteroatoms. The number of nitriles is 1. The highest BCUT2D eigenvalue weighted by atomic mass is 32.2. The molecule has 1 aliphatic heterocycles. The molecule has 36 heavy (non-hydrogen) atoms. The largest absolute Gasteiger partial charge is 0.405 e. The first-order valence-electron chi connectivity index (χ1n) is 11.3. The number of aliphatic hydroxyl groups is 1. The van der Waals surface area contributed by atoms with E-state index in [4.69, 9.17) is 0 Å². The Hall–Kier alpha value is -2.98. The van der Waals surface area contributed by atoms with Crippen LogP contribution in [-0.4, -0.2) is 69.8 Å².